The zero-order chi connectivity index (χ0) is 14.5. The summed E-state index contributed by atoms with van der Waals surface area (Å²) in [4.78, 5) is 0. The molecule has 0 saturated carbocycles. The molecule has 20 heavy (non-hydrogen) atoms. The molecule has 0 aliphatic heterocycles. The molecular formula is C16H16Br2ClN. The summed E-state index contributed by atoms with van der Waals surface area (Å²) in [5.74, 6) is 0.392. The third-order valence-corrected chi connectivity index (χ3v) is 4.61. The Kier molecular flexibility index (Phi) is 6.09. The van der Waals surface area contributed by atoms with Crippen LogP contribution in [0.2, 0.25) is 5.02 Å². The van der Waals surface area contributed by atoms with Crippen molar-refractivity contribution in [2.45, 2.75) is 12.8 Å². The fraction of sp³-hybridized carbons (Fsp3) is 0.250. The van der Waals surface area contributed by atoms with Crippen molar-refractivity contribution < 1.29 is 0 Å². The first-order valence-corrected chi connectivity index (χ1v) is 8.43. The van der Waals surface area contributed by atoms with Crippen LogP contribution in [0.1, 0.15) is 11.1 Å². The van der Waals surface area contributed by atoms with E-state index in [-0.39, 0.29) is 0 Å². The second kappa shape index (κ2) is 7.60. The first-order chi connectivity index (χ1) is 9.58. The monoisotopic (exact) mass is 415 g/mol. The lowest BCUT2D eigenvalue weighted by molar-refractivity contribution is 0.533. The number of halogens is 3. The Hall–Kier alpha value is -0.350. The average molecular weight is 418 g/mol. The van der Waals surface area contributed by atoms with Crippen molar-refractivity contribution in [1.82, 2.24) is 0 Å². The number of benzene rings is 2. The Bertz CT molecular complexity index is 586. The quantitative estimate of drug-likeness (QED) is 0.709. The minimum absolute atomic E-state index is 0.392. The van der Waals surface area contributed by atoms with Gasteiger partial charge in [-0.15, -0.1) is 0 Å². The average Bonchev–Trinajstić information content (AvgIpc) is 2.41. The molecule has 0 amide bonds. The van der Waals surface area contributed by atoms with E-state index >= 15 is 0 Å². The SMILES string of the molecule is NCC(Cc1cccc(Br)c1)Cc1ccc(Br)cc1Cl. The Labute approximate surface area is 141 Å². The van der Waals surface area contributed by atoms with Crippen molar-refractivity contribution in [2.24, 2.45) is 11.7 Å². The van der Waals surface area contributed by atoms with Crippen molar-refractivity contribution in [1.29, 1.82) is 0 Å². The first kappa shape index (κ1) is 16.0. The molecule has 2 N–H and O–H groups in total. The van der Waals surface area contributed by atoms with Gasteiger partial charge in [-0.25, -0.2) is 0 Å². The molecule has 1 unspecified atom stereocenters. The van der Waals surface area contributed by atoms with Gasteiger partial charge in [-0.05, 0) is 60.7 Å². The van der Waals surface area contributed by atoms with Gasteiger partial charge in [0.05, 0.1) is 0 Å². The molecule has 4 heteroatoms. The molecule has 0 saturated heterocycles. The Morgan fingerprint density at radius 2 is 1.75 bits per heavy atom. The predicted octanol–water partition coefficient (Wildman–Crippen LogP) is 5.23. The van der Waals surface area contributed by atoms with Gasteiger partial charge in [-0.2, -0.15) is 0 Å². The van der Waals surface area contributed by atoms with Gasteiger partial charge in [0.1, 0.15) is 0 Å². The van der Waals surface area contributed by atoms with E-state index in [2.05, 4.69) is 56.1 Å². The zero-order valence-corrected chi connectivity index (χ0v) is 14.9. The highest BCUT2D eigenvalue weighted by atomic mass is 79.9. The molecule has 0 fully saturated rings. The van der Waals surface area contributed by atoms with Gasteiger partial charge in [0, 0.05) is 14.0 Å². The highest BCUT2D eigenvalue weighted by Crippen LogP contribution is 2.25. The summed E-state index contributed by atoms with van der Waals surface area (Å²) < 4.78 is 2.11. The molecule has 2 rings (SSSR count). The molecule has 0 radical (unpaired) electrons. The van der Waals surface area contributed by atoms with Crippen LogP contribution < -0.4 is 5.73 Å². The van der Waals surface area contributed by atoms with Gasteiger partial charge < -0.3 is 5.73 Å². The van der Waals surface area contributed by atoms with Crippen LogP contribution in [-0.4, -0.2) is 6.54 Å². The summed E-state index contributed by atoms with van der Waals surface area (Å²) in [6.07, 6.45) is 1.86. The van der Waals surface area contributed by atoms with Gasteiger partial charge in [-0.3, -0.25) is 0 Å². The van der Waals surface area contributed by atoms with Gasteiger partial charge in [0.15, 0.2) is 0 Å². The van der Waals surface area contributed by atoms with Crippen molar-refractivity contribution >= 4 is 43.5 Å². The Balaban J connectivity index is 2.09. The molecule has 0 aliphatic carbocycles. The summed E-state index contributed by atoms with van der Waals surface area (Å²) >= 11 is 13.2. The normalized spacial score (nSPS) is 12.4. The molecule has 2 aromatic carbocycles. The first-order valence-electron chi connectivity index (χ1n) is 6.47. The predicted molar refractivity (Wildman–Crippen MR) is 93.2 cm³/mol. The lowest BCUT2D eigenvalue weighted by atomic mass is 9.92. The molecule has 0 aliphatic rings. The van der Waals surface area contributed by atoms with Crippen molar-refractivity contribution in [2.75, 3.05) is 6.54 Å². The summed E-state index contributed by atoms with van der Waals surface area (Å²) in [5, 5.41) is 0.798. The lowest BCUT2D eigenvalue weighted by Gasteiger charge is -2.16. The maximum atomic E-state index is 6.28. The molecule has 0 spiro atoms. The van der Waals surface area contributed by atoms with E-state index in [0.717, 1.165) is 32.4 Å². The third kappa shape index (κ3) is 4.59. The minimum Gasteiger partial charge on any atom is -0.330 e. The largest absolute Gasteiger partial charge is 0.330 e. The highest BCUT2D eigenvalue weighted by Gasteiger charge is 2.12. The summed E-state index contributed by atoms with van der Waals surface area (Å²) in [6.45, 7) is 0.652. The molecule has 1 nitrogen and oxygen atoms in total. The standard InChI is InChI=1S/C16H16Br2ClN/c17-14-3-1-2-11(8-14)6-12(10-20)7-13-4-5-15(18)9-16(13)19/h1-5,8-9,12H,6-7,10,20H2. The Morgan fingerprint density at radius 3 is 2.40 bits per heavy atom. The zero-order valence-electron chi connectivity index (χ0n) is 11.0. The van der Waals surface area contributed by atoms with Gasteiger partial charge in [0.2, 0.25) is 0 Å². The molecule has 2 aromatic rings. The lowest BCUT2D eigenvalue weighted by Crippen LogP contribution is -2.19. The molecule has 1 atom stereocenters. The smallest absolute Gasteiger partial charge is 0.0449 e. The number of hydrogen-bond donors (Lipinski definition) is 1. The minimum atomic E-state index is 0.392. The van der Waals surface area contributed by atoms with Gasteiger partial charge in [0.25, 0.3) is 0 Å². The van der Waals surface area contributed by atoms with Crippen molar-refractivity contribution in [3.63, 3.8) is 0 Å². The third-order valence-electron chi connectivity index (χ3n) is 3.27. The van der Waals surface area contributed by atoms with Crippen molar-refractivity contribution in [3.05, 3.63) is 67.6 Å². The van der Waals surface area contributed by atoms with E-state index in [1.54, 1.807) is 0 Å². The number of rotatable bonds is 5. The molecule has 0 aromatic heterocycles. The molecule has 106 valence electrons. The van der Waals surface area contributed by atoms with Crippen LogP contribution in [-0.2, 0) is 12.8 Å². The Morgan fingerprint density at radius 1 is 1.00 bits per heavy atom. The van der Waals surface area contributed by atoms with Crippen molar-refractivity contribution in [3.8, 4) is 0 Å². The maximum Gasteiger partial charge on any atom is 0.0449 e. The van der Waals surface area contributed by atoms with E-state index in [4.69, 9.17) is 17.3 Å². The molecule has 0 bridgehead atoms. The van der Waals surface area contributed by atoms with E-state index in [9.17, 15) is 0 Å². The maximum absolute atomic E-state index is 6.28. The number of nitrogens with two attached hydrogens (primary N) is 1. The van der Waals surface area contributed by atoms with E-state index in [1.165, 1.54) is 5.56 Å². The number of hydrogen-bond acceptors (Lipinski definition) is 1. The second-order valence-corrected chi connectivity index (χ2v) is 7.11. The fourth-order valence-electron chi connectivity index (χ4n) is 2.23. The van der Waals surface area contributed by atoms with E-state index in [0.29, 0.717) is 12.5 Å². The van der Waals surface area contributed by atoms with Crippen LogP contribution in [0.5, 0.6) is 0 Å². The summed E-state index contributed by atoms with van der Waals surface area (Å²) in [7, 11) is 0. The summed E-state index contributed by atoms with van der Waals surface area (Å²) in [6, 6.07) is 14.4. The van der Waals surface area contributed by atoms with Crippen LogP contribution in [0, 0.1) is 5.92 Å². The summed E-state index contributed by atoms with van der Waals surface area (Å²) in [5.41, 5.74) is 8.37. The van der Waals surface area contributed by atoms with Gasteiger partial charge in [-0.1, -0.05) is 61.7 Å². The topological polar surface area (TPSA) is 26.0 Å². The van der Waals surface area contributed by atoms with E-state index < -0.39 is 0 Å². The van der Waals surface area contributed by atoms with E-state index in [1.807, 2.05) is 18.2 Å². The van der Waals surface area contributed by atoms with Crippen LogP contribution in [0.3, 0.4) is 0 Å². The van der Waals surface area contributed by atoms with Crippen LogP contribution in [0.15, 0.2) is 51.4 Å². The fourth-order valence-corrected chi connectivity index (χ4v) is 3.43. The molecule has 0 heterocycles. The highest BCUT2D eigenvalue weighted by molar-refractivity contribution is 9.10. The van der Waals surface area contributed by atoms with Crippen LogP contribution >= 0.6 is 43.5 Å². The van der Waals surface area contributed by atoms with Gasteiger partial charge >= 0.3 is 0 Å². The molecular weight excluding hydrogens is 401 g/mol. The second-order valence-electron chi connectivity index (χ2n) is 4.88. The van der Waals surface area contributed by atoms with Crippen LogP contribution in [0.25, 0.3) is 0 Å². The van der Waals surface area contributed by atoms with Crippen LogP contribution in [0.4, 0.5) is 0 Å².